The fraction of sp³-hybridized carbons (Fsp3) is 0.750. The van der Waals surface area contributed by atoms with E-state index in [9.17, 15) is 5.11 Å². The number of aromatic nitrogens is 2. The summed E-state index contributed by atoms with van der Waals surface area (Å²) in [5.74, 6) is 1.98. The van der Waals surface area contributed by atoms with Crippen LogP contribution in [-0.4, -0.2) is 52.5 Å². The van der Waals surface area contributed by atoms with E-state index in [1.54, 1.807) is 0 Å². The SMILES string of the molecule is Nc1nc(NC2CC2)cc(N2CCC3(CC2)OCCC[C@H]3O)n1. The second-order valence-corrected chi connectivity index (χ2v) is 6.95. The third kappa shape index (κ3) is 3.07. The van der Waals surface area contributed by atoms with Gasteiger partial charge in [-0.2, -0.15) is 9.97 Å². The molecule has 7 nitrogen and oxygen atoms in total. The lowest BCUT2D eigenvalue weighted by atomic mass is 9.82. The van der Waals surface area contributed by atoms with E-state index in [4.69, 9.17) is 10.5 Å². The molecule has 1 aliphatic carbocycles. The van der Waals surface area contributed by atoms with E-state index in [0.717, 1.165) is 57.0 Å². The predicted octanol–water partition coefficient (Wildman–Crippen LogP) is 1.14. The van der Waals surface area contributed by atoms with E-state index in [-0.39, 0.29) is 11.7 Å². The number of hydrogen-bond donors (Lipinski definition) is 3. The van der Waals surface area contributed by atoms with Gasteiger partial charge in [0.2, 0.25) is 5.95 Å². The molecule has 1 atom stereocenters. The zero-order valence-electron chi connectivity index (χ0n) is 13.4. The smallest absolute Gasteiger partial charge is 0.223 e. The van der Waals surface area contributed by atoms with Gasteiger partial charge in [-0.15, -0.1) is 0 Å². The second kappa shape index (κ2) is 5.79. The van der Waals surface area contributed by atoms with E-state index >= 15 is 0 Å². The van der Waals surface area contributed by atoms with Gasteiger partial charge in [-0.25, -0.2) is 0 Å². The van der Waals surface area contributed by atoms with Crippen molar-refractivity contribution in [1.29, 1.82) is 0 Å². The first-order valence-corrected chi connectivity index (χ1v) is 8.63. The quantitative estimate of drug-likeness (QED) is 0.769. The molecule has 3 aliphatic rings. The molecule has 0 amide bonds. The summed E-state index contributed by atoms with van der Waals surface area (Å²) in [5, 5.41) is 13.7. The number of ether oxygens (including phenoxy) is 1. The fourth-order valence-corrected chi connectivity index (χ4v) is 3.63. The predicted molar refractivity (Wildman–Crippen MR) is 88.5 cm³/mol. The molecule has 1 aromatic rings. The summed E-state index contributed by atoms with van der Waals surface area (Å²) in [6.07, 6.45) is 5.48. The Hall–Kier alpha value is -1.60. The van der Waals surface area contributed by atoms with Crippen molar-refractivity contribution in [2.45, 2.75) is 56.3 Å². The van der Waals surface area contributed by atoms with Gasteiger partial charge in [-0.05, 0) is 38.5 Å². The molecule has 1 spiro atoms. The number of nitrogens with zero attached hydrogens (tertiary/aromatic N) is 3. The Morgan fingerprint density at radius 1 is 1.26 bits per heavy atom. The topological polar surface area (TPSA) is 96.5 Å². The van der Waals surface area contributed by atoms with Gasteiger partial charge in [0.15, 0.2) is 0 Å². The monoisotopic (exact) mass is 319 g/mol. The molecule has 3 fully saturated rings. The molecule has 0 radical (unpaired) electrons. The Labute approximate surface area is 136 Å². The average molecular weight is 319 g/mol. The molecule has 4 N–H and O–H groups in total. The van der Waals surface area contributed by atoms with Crippen LogP contribution in [0.3, 0.4) is 0 Å². The lowest BCUT2D eigenvalue weighted by molar-refractivity contribution is -0.164. The number of rotatable bonds is 3. The fourth-order valence-electron chi connectivity index (χ4n) is 3.63. The van der Waals surface area contributed by atoms with E-state index in [2.05, 4.69) is 20.2 Å². The minimum Gasteiger partial charge on any atom is -0.390 e. The molecule has 3 heterocycles. The summed E-state index contributed by atoms with van der Waals surface area (Å²) < 4.78 is 5.96. The molecule has 1 aromatic heterocycles. The van der Waals surface area contributed by atoms with E-state index in [1.165, 1.54) is 12.8 Å². The van der Waals surface area contributed by atoms with E-state index < -0.39 is 0 Å². The third-order valence-corrected chi connectivity index (χ3v) is 5.21. The number of hydrogen-bond acceptors (Lipinski definition) is 7. The largest absolute Gasteiger partial charge is 0.390 e. The number of nitrogens with two attached hydrogens (primary N) is 1. The number of piperidine rings is 1. The Kier molecular flexibility index (Phi) is 3.77. The normalized spacial score (nSPS) is 27.2. The molecule has 1 saturated carbocycles. The molecule has 4 rings (SSSR count). The molecule has 0 bridgehead atoms. The highest BCUT2D eigenvalue weighted by Gasteiger charge is 2.43. The van der Waals surface area contributed by atoms with Gasteiger partial charge in [0, 0.05) is 31.8 Å². The van der Waals surface area contributed by atoms with Crippen molar-refractivity contribution < 1.29 is 9.84 Å². The minimum atomic E-state index is -0.359. The number of nitrogen functional groups attached to an aromatic ring is 1. The Morgan fingerprint density at radius 3 is 2.74 bits per heavy atom. The first kappa shape index (κ1) is 15.0. The number of anilines is 3. The summed E-state index contributed by atoms with van der Waals surface area (Å²) in [5.41, 5.74) is 5.51. The summed E-state index contributed by atoms with van der Waals surface area (Å²) in [6, 6.07) is 2.51. The second-order valence-electron chi connectivity index (χ2n) is 6.95. The van der Waals surface area contributed by atoms with Crippen molar-refractivity contribution in [2.24, 2.45) is 0 Å². The van der Waals surface area contributed by atoms with Crippen LogP contribution in [0.1, 0.15) is 38.5 Å². The van der Waals surface area contributed by atoms with Crippen molar-refractivity contribution in [1.82, 2.24) is 9.97 Å². The van der Waals surface area contributed by atoms with Crippen molar-refractivity contribution in [3.63, 3.8) is 0 Å². The molecule has 23 heavy (non-hydrogen) atoms. The molecule has 0 aromatic carbocycles. The van der Waals surface area contributed by atoms with Gasteiger partial charge >= 0.3 is 0 Å². The van der Waals surface area contributed by atoms with E-state index in [1.807, 2.05) is 6.07 Å². The number of nitrogens with one attached hydrogen (secondary N) is 1. The van der Waals surface area contributed by atoms with Crippen LogP contribution in [0.4, 0.5) is 17.6 Å². The van der Waals surface area contributed by atoms with Gasteiger partial charge in [-0.1, -0.05) is 0 Å². The van der Waals surface area contributed by atoms with Crippen LogP contribution in [0.2, 0.25) is 0 Å². The maximum absolute atomic E-state index is 10.3. The molecule has 2 saturated heterocycles. The van der Waals surface area contributed by atoms with Gasteiger partial charge < -0.3 is 25.8 Å². The highest BCUT2D eigenvalue weighted by molar-refractivity contribution is 5.53. The molecule has 0 unspecified atom stereocenters. The van der Waals surface area contributed by atoms with Crippen LogP contribution >= 0.6 is 0 Å². The van der Waals surface area contributed by atoms with Gasteiger partial charge in [0.1, 0.15) is 11.6 Å². The molecule has 2 aliphatic heterocycles. The van der Waals surface area contributed by atoms with Crippen LogP contribution in [-0.2, 0) is 4.74 Å². The molecular weight excluding hydrogens is 294 g/mol. The molecular formula is C16H25N5O2. The highest BCUT2D eigenvalue weighted by Crippen LogP contribution is 2.36. The highest BCUT2D eigenvalue weighted by atomic mass is 16.5. The van der Waals surface area contributed by atoms with Crippen LogP contribution in [0.25, 0.3) is 0 Å². The van der Waals surface area contributed by atoms with Crippen LogP contribution in [0.15, 0.2) is 6.07 Å². The van der Waals surface area contributed by atoms with Crippen molar-refractivity contribution >= 4 is 17.6 Å². The summed E-state index contributed by atoms with van der Waals surface area (Å²) in [6.45, 7) is 2.39. The van der Waals surface area contributed by atoms with Crippen molar-refractivity contribution in [2.75, 3.05) is 35.6 Å². The Bertz CT molecular complexity index is 570. The average Bonchev–Trinajstić information content (AvgIpc) is 3.34. The number of aliphatic hydroxyl groups excluding tert-OH is 1. The van der Waals surface area contributed by atoms with Crippen molar-refractivity contribution in [3.05, 3.63) is 6.07 Å². The lowest BCUT2D eigenvalue weighted by Gasteiger charge is -2.47. The zero-order chi connectivity index (χ0) is 15.9. The van der Waals surface area contributed by atoms with Crippen LogP contribution < -0.4 is 16.0 Å². The van der Waals surface area contributed by atoms with Gasteiger partial charge in [0.25, 0.3) is 0 Å². The molecule has 7 heteroatoms. The summed E-state index contributed by atoms with van der Waals surface area (Å²) in [4.78, 5) is 10.9. The van der Waals surface area contributed by atoms with Crippen LogP contribution in [0.5, 0.6) is 0 Å². The number of aliphatic hydroxyl groups is 1. The molecule has 126 valence electrons. The van der Waals surface area contributed by atoms with Gasteiger partial charge in [0.05, 0.1) is 11.7 Å². The summed E-state index contributed by atoms with van der Waals surface area (Å²) in [7, 11) is 0. The summed E-state index contributed by atoms with van der Waals surface area (Å²) >= 11 is 0. The van der Waals surface area contributed by atoms with Crippen LogP contribution in [0, 0.1) is 0 Å². The third-order valence-electron chi connectivity index (χ3n) is 5.21. The zero-order valence-corrected chi connectivity index (χ0v) is 13.4. The first-order chi connectivity index (χ1) is 11.1. The van der Waals surface area contributed by atoms with Gasteiger partial charge in [-0.3, -0.25) is 0 Å². The maximum Gasteiger partial charge on any atom is 0.223 e. The maximum atomic E-state index is 10.3. The minimum absolute atomic E-state index is 0.305. The van der Waals surface area contributed by atoms with E-state index in [0.29, 0.717) is 12.0 Å². The van der Waals surface area contributed by atoms with Crippen molar-refractivity contribution in [3.8, 4) is 0 Å². The Morgan fingerprint density at radius 2 is 2.04 bits per heavy atom. The lowest BCUT2D eigenvalue weighted by Crippen LogP contribution is -2.55. The first-order valence-electron chi connectivity index (χ1n) is 8.63. The standard InChI is InChI=1S/C16H25N5O2/c17-15-19-13(18-11-3-4-11)10-14(20-15)21-7-5-16(6-8-21)12(22)2-1-9-23-16/h10-12,22H,1-9H2,(H3,17,18,19,20)/t12-/m1/s1. The Balaban J connectivity index is 1.46.